The summed E-state index contributed by atoms with van der Waals surface area (Å²) in [6, 6.07) is 4.72. The fourth-order valence-electron chi connectivity index (χ4n) is 4.76. The van der Waals surface area contributed by atoms with E-state index in [0.717, 1.165) is 16.8 Å². The van der Waals surface area contributed by atoms with Crippen molar-refractivity contribution in [3.05, 3.63) is 63.0 Å². The summed E-state index contributed by atoms with van der Waals surface area (Å²) in [5.74, 6) is -0.486. The third-order valence-corrected chi connectivity index (χ3v) is 6.55. The molecule has 0 radical (unpaired) electrons. The minimum Gasteiger partial charge on any atom is -0.376 e. The van der Waals surface area contributed by atoms with Crippen LogP contribution in [0.2, 0.25) is 0 Å². The topological polar surface area (TPSA) is 152 Å². The zero-order valence-electron chi connectivity index (χ0n) is 18.6. The van der Waals surface area contributed by atoms with E-state index < -0.39 is 11.9 Å². The van der Waals surface area contributed by atoms with Gasteiger partial charge < -0.3 is 14.6 Å². The number of benzene rings is 1. The van der Waals surface area contributed by atoms with Crippen LogP contribution in [-0.2, 0) is 40.4 Å². The van der Waals surface area contributed by atoms with Gasteiger partial charge in [-0.1, -0.05) is 11.3 Å². The largest absolute Gasteiger partial charge is 0.376 e. The first-order chi connectivity index (χ1) is 17.0. The predicted molar refractivity (Wildman–Crippen MR) is 119 cm³/mol. The fourth-order valence-corrected chi connectivity index (χ4v) is 4.76. The van der Waals surface area contributed by atoms with Crippen LogP contribution in [0.25, 0.3) is 11.3 Å². The lowest BCUT2D eigenvalue weighted by Gasteiger charge is -2.29. The van der Waals surface area contributed by atoms with Gasteiger partial charge in [0.15, 0.2) is 0 Å². The molecule has 35 heavy (non-hydrogen) atoms. The number of ether oxygens (including phenoxy) is 1. The number of carbonyl (C=O) groups excluding carboxylic acids is 3. The van der Waals surface area contributed by atoms with Crippen molar-refractivity contribution in [1.82, 2.24) is 35.2 Å². The molecule has 12 nitrogen and oxygen atoms in total. The molecule has 0 bridgehead atoms. The Labute approximate surface area is 198 Å². The number of aromatic amines is 1. The van der Waals surface area contributed by atoms with Crippen molar-refractivity contribution in [3.63, 3.8) is 0 Å². The Morgan fingerprint density at radius 1 is 1.14 bits per heavy atom. The number of aromatic nitrogens is 5. The predicted octanol–water partition coefficient (Wildman–Crippen LogP) is -0.0896. The van der Waals surface area contributed by atoms with Gasteiger partial charge in [0.2, 0.25) is 11.8 Å². The number of H-pyrrole nitrogens is 1. The second-order valence-electron chi connectivity index (χ2n) is 8.81. The zero-order valence-corrected chi connectivity index (χ0v) is 18.6. The average Bonchev–Trinajstić information content (AvgIpc) is 3.43. The Hall–Kier alpha value is -4.19. The molecule has 0 spiro atoms. The molecule has 2 N–H and O–H groups in total. The van der Waals surface area contributed by atoms with E-state index in [1.807, 2.05) is 6.07 Å². The van der Waals surface area contributed by atoms with Crippen molar-refractivity contribution in [2.75, 3.05) is 6.61 Å². The fraction of sp³-hybridized carbons (Fsp3) is 0.348. The van der Waals surface area contributed by atoms with Gasteiger partial charge in [-0.05, 0) is 24.1 Å². The summed E-state index contributed by atoms with van der Waals surface area (Å²) in [7, 11) is 0. The van der Waals surface area contributed by atoms with Gasteiger partial charge in [0.25, 0.3) is 11.5 Å². The zero-order chi connectivity index (χ0) is 24.1. The summed E-state index contributed by atoms with van der Waals surface area (Å²) >= 11 is 0. The highest BCUT2D eigenvalue weighted by Crippen LogP contribution is 2.30. The first-order valence-corrected chi connectivity index (χ1v) is 11.3. The molecule has 0 saturated carbocycles. The summed E-state index contributed by atoms with van der Waals surface area (Å²) in [6.45, 7) is 1.35. The number of hydrogen-bond acceptors (Lipinski definition) is 8. The van der Waals surface area contributed by atoms with Gasteiger partial charge >= 0.3 is 0 Å². The molecule has 6 rings (SSSR count). The molecule has 1 atom stereocenters. The molecule has 1 fully saturated rings. The van der Waals surface area contributed by atoms with Crippen molar-refractivity contribution in [3.8, 4) is 11.3 Å². The van der Waals surface area contributed by atoms with Crippen LogP contribution in [0.15, 0.2) is 29.2 Å². The molecule has 3 aromatic rings. The minimum absolute atomic E-state index is 0.200. The monoisotopic (exact) mass is 475 g/mol. The van der Waals surface area contributed by atoms with Crippen LogP contribution in [0.4, 0.5) is 0 Å². The van der Waals surface area contributed by atoms with Crippen molar-refractivity contribution < 1.29 is 19.1 Å². The molecule has 3 amide bonds. The highest BCUT2D eigenvalue weighted by molar-refractivity contribution is 6.05. The first kappa shape index (κ1) is 21.4. The molecule has 12 heteroatoms. The Kier molecular flexibility index (Phi) is 5.02. The second-order valence-corrected chi connectivity index (χ2v) is 8.81. The number of nitrogens with zero attached hydrogens (tertiary/aromatic N) is 5. The smallest absolute Gasteiger partial charge is 0.256 e. The van der Waals surface area contributed by atoms with E-state index in [4.69, 9.17) is 4.74 Å². The number of hydrogen-bond donors (Lipinski definition) is 2. The minimum atomic E-state index is -0.658. The van der Waals surface area contributed by atoms with E-state index in [1.165, 1.54) is 4.90 Å². The van der Waals surface area contributed by atoms with Gasteiger partial charge in [0, 0.05) is 30.5 Å². The van der Waals surface area contributed by atoms with Crippen LogP contribution in [0, 0.1) is 0 Å². The Morgan fingerprint density at radius 3 is 2.89 bits per heavy atom. The third-order valence-electron chi connectivity index (χ3n) is 6.55. The van der Waals surface area contributed by atoms with Crippen molar-refractivity contribution >= 4 is 17.7 Å². The van der Waals surface area contributed by atoms with Crippen LogP contribution in [-0.4, -0.2) is 60.2 Å². The number of imide groups is 1. The molecule has 1 saturated heterocycles. The Morgan fingerprint density at radius 2 is 2.03 bits per heavy atom. The number of fused-ring (bicyclic) bond motifs is 2. The molecule has 1 unspecified atom stereocenters. The lowest BCUT2D eigenvalue weighted by molar-refractivity contribution is -0.136. The summed E-state index contributed by atoms with van der Waals surface area (Å²) in [4.78, 5) is 57.8. The van der Waals surface area contributed by atoms with Crippen LogP contribution in [0.5, 0.6) is 0 Å². The Balaban J connectivity index is 1.21. The third kappa shape index (κ3) is 3.81. The van der Waals surface area contributed by atoms with Gasteiger partial charge in [0.1, 0.15) is 24.1 Å². The van der Waals surface area contributed by atoms with Gasteiger partial charge in [0.05, 0.1) is 30.7 Å². The van der Waals surface area contributed by atoms with Crippen LogP contribution < -0.4 is 10.9 Å². The highest BCUT2D eigenvalue weighted by Gasteiger charge is 2.39. The van der Waals surface area contributed by atoms with Gasteiger partial charge in [-0.3, -0.25) is 24.5 Å². The normalized spacial score (nSPS) is 19.5. The van der Waals surface area contributed by atoms with Gasteiger partial charge in [-0.2, -0.15) is 0 Å². The van der Waals surface area contributed by atoms with Crippen LogP contribution in [0.3, 0.4) is 0 Å². The van der Waals surface area contributed by atoms with Crippen molar-refractivity contribution in [1.29, 1.82) is 0 Å². The maximum Gasteiger partial charge on any atom is 0.256 e. The molecule has 178 valence electrons. The molecule has 3 aliphatic heterocycles. The van der Waals surface area contributed by atoms with E-state index in [2.05, 4.69) is 25.6 Å². The molecular formula is C23H21N7O5. The van der Waals surface area contributed by atoms with Gasteiger partial charge in [-0.15, -0.1) is 5.10 Å². The van der Waals surface area contributed by atoms with Crippen LogP contribution >= 0.6 is 0 Å². The summed E-state index contributed by atoms with van der Waals surface area (Å²) in [6.07, 6.45) is 2.87. The molecule has 3 aliphatic rings. The summed E-state index contributed by atoms with van der Waals surface area (Å²) in [5.41, 5.74) is 3.82. The number of amides is 3. The lowest BCUT2D eigenvalue weighted by atomic mass is 10.0. The van der Waals surface area contributed by atoms with Crippen LogP contribution in [0.1, 0.15) is 45.8 Å². The SMILES string of the molecule is O=C1CCC(N2Cc3cc(-c4cn(Cc5nc6c(c(=O)[nH]5)COCC6)nn4)ccc3C2=O)C(=O)N1. The number of carbonyl (C=O) groups is 3. The van der Waals surface area contributed by atoms with E-state index in [1.54, 1.807) is 23.0 Å². The molecule has 2 aromatic heterocycles. The number of piperidine rings is 1. The number of nitrogens with one attached hydrogen (secondary N) is 2. The van der Waals surface area contributed by atoms with Gasteiger partial charge in [-0.25, -0.2) is 9.67 Å². The molecule has 0 aliphatic carbocycles. The van der Waals surface area contributed by atoms with E-state index >= 15 is 0 Å². The second kappa shape index (κ2) is 8.24. The highest BCUT2D eigenvalue weighted by atomic mass is 16.5. The lowest BCUT2D eigenvalue weighted by Crippen LogP contribution is -2.52. The first-order valence-electron chi connectivity index (χ1n) is 11.3. The van der Waals surface area contributed by atoms with Crippen molar-refractivity contribution in [2.24, 2.45) is 0 Å². The summed E-state index contributed by atoms with van der Waals surface area (Å²) < 4.78 is 6.92. The molecule has 5 heterocycles. The van der Waals surface area contributed by atoms with E-state index in [-0.39, 0.29) is 43.5 Å². The maximum atomic E-state index is 12.9. The average molecular weight is 475 g/mol. The quantitative estimate of drug-likeness (QED) is 0.497. The van der Waals surface area contributed by atoms with E-state index in [0.29, 0.717) is 42.1 Å². The standard InChI is InChI=1S/C23H21N7O5/c31-20-4-3-18(22(33)26-20)30-8-13-7-12(1-2-14(13)23(30)34)17-9-29(28-27-17)10-19-24-16-5-6-35-11-15(16)21(32)25-19/h1-2,7,9,18H,3-6,8,10-11H2,(H,24,25,32)(H,26,31,33). The van der Waals surface area contributed by atoms with Crippen molar-refractivity contribution in [2.45, 2.75) is 45.0 Å². The van der Waals surface area contributed by atoms with E-state index in [9.17, 15) is 19.2 Å². The molecule has 1 aromatic carbocycles. The number of rotatable bonds is 4. The Bertz CT molecular complexity index is 1440. The maximum absolute atomic E-state index is 12.9. The summed E-state index contributed by atoms with van der Waals surface area (Å²) in [5, 5.41) is 10.7. The molecular weight excluding hydrogens is 454 g/mol.